The maximum atomic E-state index is 5.75. The fraction of sp³-hybridized carbons (Fsp3) is 0.267. The number of thiazole rings is 1. The van der Waals surface area contributed by atoms with Gasteiger partial charge in [0.1, 0.15) is 11.3 Å². The van der Waals surface area contributed by atoms with Crippen molar-refractivity contribution in [2.24, 2.45) is 0 Å². The van der Waals surface area contributed by atoms with Gasteiger partial charge in [-0.05, 0) is 13.0 Å². The molecule has 4 heteroatoms. The summed E-state index contributed by atoms with van der Waals surface area (Å²) in [4.78, 5) is 4.28. The molecule has 3 rings (SSSR count). The smallest absolute Gasteiger partial charge is 0.134 e. The van der Waals surface area contributed by atoms with Gasteiger partial charge in [0.25, 0.3) is 0 Å². The summed E-state index contributed by atoms with van der Waals surface area (Å²) in [5, 5.41) is 6.77. The van der Waals surface area contributed by atoms with Crippen LogP contribution in [0.4, 0.5) is 0 Å². The molecule has 0 amide bonds. The molecular formula is C15H16N2OS. The Morgan fingerprint density at radius 3 is 3.05 bits per heavy atom. The number of hydrogen-bond donors (Lipinski definition) is 1. The van der Waals surface area contributed by atoms with Gasteiger partial charge < -0.3 is 9.73 Å². The van der Waals surface area contributed by atoms with Crippen molar-refractivity contribution in [3.63, 3.8) is 0 Å². The van der Waals surface area contributed by atoms with Crippen LogP contribution in [0, 0.1) is 6.92 Å². The van der Waals surface area contributed by atoms with Crippen molar-refractivity contribution >= 4 is 22.3 Å². The Labute approximate surface area is 116 Å². The number of para-hydroxylation sites is 1. The monoisotopic (exact) mass is 272 g/mol. The lowest BCUT2D eigenvalue weighted by Crippen LogP contribution is -2.17. The van der Waals surface area contributed by atoms with Gasteiger partial charge in [-0.15, -0.1) is 11.3 Å². The molecule has 0 bridgehead atoms. The van der Waals surface area contributed by atoms with E-state index in [-0.39, 0.29) is 0 Å². The van der Waals surface area contributed by atoms with Gasteiger partial charge in [-0.2, -0.15) is 0 Å². The van der Waals surface area contributed by atoms with Crippen LogP contribution in [0.15, 0.2) is 39.6 Å². The van der Waals surface area contributed by atoms with Gasteiger partial charge in [-0.3, -0.25) is 0 Å². The van der Waals surface area contributed by atoms with Gasteiger partial charge in [0.2, 0.25) is 0 Å². The van der Waals surface area contributed by atoms with Crippen LogP contribution in [0.3, 0.4) is 0 Å². The predicted octanol–water partition coefficient (Wildman–Crippen LogP) is 3.53. The number of benzene rings is 1. The zero-order valence-electron chi connectivity index (χ0n) is 10.8. The highest BCUT2D eigenvalue weighted by Gasteiger charge is 2.09. The Morgan fingerprint density at radius 2 is 2.21 bits per heavy atom. The van der Waals surface area contributed by atoms with Gasteiger partial charge in [0, 0.05) is 35.8 Å². The largest absolute Gasteiger partial charge is 0.461 e. The van der Waals surface area contributed by atoms with E-state index in [9.17, 15) is 0 Å². The number of rotatable bonds is 5. The Balaban J connectivity index is 1.63. The minimum Gasteiger partial charge on any atom is -0.461 e. The zero-order chi connectivity index (χ0) is 13.1. The van der Waals surface area contributed by atoms with Gasteiger partial charge in [0.15, 0.2) is 0 Å². The molecule has 0 fully saturated rings. The molecule has 19 heavy (non-hydrogen) atoms. The summed E-state index contributed by atoms with van der Waals surface area (Å²) in [6.45, 7) is 3.80. The summed E-state index contributed by atoms with van der Waals surface area (Å²) in [5.41, 5.74) is 5.26. The normalized spacial score (nSPS) is 11.2. The van der Waals surface area contributed by atoms with Crippen LogP contribution in [0.2, 0.25) is 0 Å². The van der Waals surface area contributed by atoms with E-state index in [1.54, 1.807) is 11.3 Å². The van der Waals surface area contributed by atoms with Crippen molar-refractivity contribution < 1.29 is 4.42 Å². The van der Waals surface area contributed by atoms with E-state index in [2.05, 4.69) is 27.8 Å². The van der Waals surface area contributed by atoms with E-state index in [1.807, 2.05) is 24.6 Å². The van der Waals surface area contributed by atoms with E-state index in [4.69, 9.17) is 4.42 Å². The molecule has 2 aromatic heterocycles. The maximum absolute atomic E-state index is 5.75. The first-order valence-corrected chi connectivity index (χ1v) is 7.33. The van der Waals surface area contributed by atoms with E-state index >= 15 is 0 Å². The molecule has 0 aliphatic carbocycles. The van der Waals surface area contributed by atoms with E-state index in [0.29, 0.717) is 0 Å². The third-order valence-electron chi connectivity index (χ3n) is 3.24. The van der Waals surface area contributed by atoms with Crippen LogP contribution in [0.5, 0.6) is 0 Å². The first-order valence-electron chi connectivity index (χ1n) is 6.39. The highest BCUT2D eigenvalue weighted by molar-refractivity contribution is 7.07. The molecule has 1 aromatic carbocycles. The van der Waals surface area contributed by atoms with Crippen LogP contribution in [0.1, 0.15) is 17.0 Å². The highest BCUT2D eigenvalue weighted by Crippen LogP contribution is 2.24. The van der Waals surface area contributed by atoms with Crippen molar-refractivity contribution in [2.75, 3.05) is 6.54 Å². The summed E-state index contributed by atoms with van der Waals surface area (Å²) >= 11 is 1.65. The molecule has 0 spiro atoms. The molecule has 0 atom stereocenters. The van der Waals surface area contributed by atoms with Crippen LogP contribution >= 0.6 is 11.3 Å². The standard InChI is InChI=1S/C15H16N2OS/c1-11-14(13-4-2-3-5-15(13)18-11)8-16-7-6-12-9-19-10-17-12/h2-5,9-10,16H,6-8H2,1H3. The minimum atomic E-state index is 0.840. The second-order valence-electron chi connectivity index (χ2n) is 4.54. The molecule has 0 radical (unpaired) electrons. The topological polar surface area (TPSA) is 38.1 Å². The van der Waals surface area contributed by atoms with E-state index in [1.165, 1.54) is 10.9 Å². The predicted molar refractivity (Wildman–Crippen MR) is 78.5 cm³/mol. The Hall–Kier alpha value is -1.65. The third kappa shape index (κ3) is 2.69. The maximum Gasteiger partial charge on any atom is 0.134 e. The molecule has 0 unspecified atom stereocenters. The molecule has 98 valence electrons. The molecule has 3 nitrogen and oxygen atoms in total. The fourth-order valence-electron chi connectivity index (χ4n) is 2.23. The van der Waals surface area contributed by atoms with E-state index in [0.717, 1.165) is 36.5 Å². The number of hydrogen-bond acceptors (Lipinski definition) is 4. The SMILES string of the molecule is Cc1oc2ccccc2c1CNCCc1cscn1. The molecule has 0 saturated heterocycles. The molecule has 0 aliphatic heterocycles. The van der Waals surface area contributed by atoms with Crippen molar-refractivity contribution in [1.29, 1.82) is 0 Å². The van der Waals surface area contributed by atoms with Gasteiger partial charge in [-0.25, -0.2) is 4.98 Å². The number of furan rings is 1. The summed E-state index contributed by atoms with van der Waals surface area (Å²) < 4.78 is 5.75. The van der Waals surface area contributed by atoms with Crippen molar-refractivity contribution in [2.45, 2.75) is 19.9 Å². The molecule has 0 saturated carbocycles. The quantitative estimate of drug-likeness (QED) is 0.722. The fourth-order valence-corrected chi connectivity index (χ4v) is 2.82. The minimum absolute atomic E-state index is 0.840. The average Bonchev–Trinajstić information content (AvgIpc) is 3.02. The number of aryl methyl sites for hydroxylation is 1. The number of aromatic nitrogens is 1. The molecule has 0 aliphatic rings. The zero-order valence-corrected chi connectivity index (χ0v) is 11.7. The Morgan fingerprint density at radius 1 is 1.32 bits per heavy atom. The summed E-state index contributed by atoms with van der Waals surface area (Å²) in [6.07, 6.45) is 0.971. The summed E-state index contributed by atoms with van der Waals surface area (Å²) in [6, 6.07) is 8.19. The molecule has 3 aromatic rings. The summed E-state index contributed by atoms with van der Waals surface area (Å²) in [7, 11) is 0. The third-order valence-corrected chi connectivity index (χ3v) is 3.88. The van der Waals surface area contributed by atoms with Gasteiger partial charge in [0.05, 0.1) is 11.2 Å². The second-order valence-corrected chi connectivity index (χ2v) is 5.26. The van der Waals surface area contributed by atoms with Crippen LogP contribution in [-0.2, 0) is 13.0 Å². The van der Waals surface area contributed by atoms with Crippen molar-refractivity contribution in [1.82, 2.24) is 10.3 Å². The number of nitrogens with one attached hydrogen (secondary N) is 1. The number of nitrogens with zero attached hydrogens (tertiary/aromatic N) is 1. The average molecular weight is 272 g/mol. The lowest BCUT2D eigenvalue weighted by Gasteiger charge is -2.03. The van der Waals surface area contributed by atoms with E-state index < -0.39 is 0 Å². The van der Waals surface area contributed by atoms with Crippen molar-refractivity contribution in [3.8, 4) is 0 Å². The molecular weight excluding hydrogens is 256 g/mol. The first kappa shape index (κ1) is 12.4. The lowest BCUT2D eigenvalue weighted by molar-refractivity contribution is 0.565. The Kier molecular flexibility index (Phi) is 3.62. The Bertz CT molecular complexity index is 658. The van der Waals surface area contributed by atoms with Crippen LogP contribution < -0.4 is 5.32 Å². The van der Waals surface area contributed by atoms with Gasteiger partial charge >= 0.3 is 0 Å². The first-order chi connectivity index (χ1) is 9.34. The summed E-state index contributed by atoms with van der Waals surface area (Å²) in [5.74, 6) is 1.00. The highest BCUT2D eigenvalue weighted by atomic mass is 32.1. The second kappa shape index (κ2) is 5.55. The van der Waals surface area contributed by atoms with Crippen molar-refractivity contribution in [3.05, 3.63) is 52.2 Å². The molecule has 2 heterocycles. The van der Waals surface area contributed by atoms with Gasteiger partial charge in [-0.1, -0.05) is 18.2 Å². The molecule has 1 N–H and O–H groups in total. The number of fused-ring (bicyclic) bond motifs is 1. The van der Waals surface area contributed by atoms with Crippen LogP contribution in [-0.4, -0.2) is 11.5 Å². The van der Waals surface area contributed by atoms with Crippen LogP contribution in [0.25, 0.3) is 11.0 Å². The lowest BCUT2D eigenvalue weighted by atomic mass is 10.1.